The maximum atomic E-state index is 14.4. The van der Waals surface area contributed by atoms with E-state index < -0.39 is 28.8 Å². The van der Waals surface area contributed by atoms with Crippen LogP contribution in [0.25, 0.3) is 5.69 Å². The standard InChI is InChI=1S/C29H32F2N6O2/c1-18-14-15-36(17-18)27-20(16-32)23(33-19-6-3-2-4-7-19)10-11-24(27)34-29(39)25-12-13-26(38)37(35-25)28-21(30)8-5-9-22(28)31/h5,8-13,16,18-19,32-33H,2-4,6-7,14-15,17H2,1H3,(H,34,39)/t18-/m0/s1. The van der Waals surface area contributed by atoms with Gasteiger partial charge in [0.2, 0.25) is 0 Å². The molecule has 1 atom stereocenters. The normalized spacial score (nSPS) is 17.7. The molecular weight excluding hydrogens is 502 g/mol. The van der Waals surface area contributed by atoms with Gasteiger partial charge in [-0.05, 0) is 55.5 Å². The second-order valence-electron chi connectivity index (χ2n) is 10.4. The topological polar surface area (TPSA) is 103 Å². The van der Waals surface area contributed by atoms with Gasteiger partial charge in [-0.1, -0.05) is 32.3 Å². The van der Waals surface area contributed by atoms with Gasteiger partial charge in [-0.15, -0.1) is 0 Å². The molecule has 2 fully saturated rings. The van der Waals surface area contributed by atoms with Crippen molar-refractivity contribution in [2.45, 2.75) is 51.5 Å². The minimum atomic E-state index is -0.968. The minimum absolute atomic E-state index is 0.182. The number of rotatable bonds is 7. The Labute approximate surface area is 225 Å². The van der Waals surface area contributed by atoms with Crippen LogP contribution in [0.15, 0.2) is 47.3 Å². The number of amides is 1. The van der Waals surface area contributed by atoms with Crippen molar-refractivity contribution in [1.29, 1.82) is 5.41 Å². The minimum Gasteiger partial charge on any atom is -0.382 e. The van der Waals surface area contributed by atoms with Crippen molar-refractivity contribution in [3.63, 3.8) is 0 Å². The largest absolute Gasteiger partial charge is 0.382 e. The highest BCUT2D eigenvalue weighted by Crippen LogP contribution is 2.38. The summed E-state index contributed by atoms with van der Waals surface area (Å²) in [6.07, 6.45) is 8.06. The molecule has 1 aromatic heterocycles. The molecule has 2 heterocycles. The molecule has 39 heavy (non-hydrogen) atoms. The van der Waals surface area contributed by atoms with Gasteiger partial charge in [-0.3, -0.25) is 9.59 Å². The first-order chi connectivity index (χ1) is 18.9. The van der Waals surface area contributed by atoms with E-state index in [1.807, 2.05) is 6.07 Å². The number of hydrogen-bond donors (Lipinski definition) is 3. The smallest absolute Gasteiger partial charge is 0.276 e. The van der Waals surface area contributed by atoms with E-state index in [1.165, 1.54) is 37.6 Å². The number of nitrogens with one attached hydrogen (secondary N) is 3. The van der Waals surface area contributed by atoms with Gasteiger partial charge < -0.3 is 20.9 Å². The van der Waals surface area contributed by atoms with E-state index >= 15 is 0 Å². The molecule has 0 bridgehead atoms. The number of hydrogen-bond acceptors (Lipinski definition) is 6. The first-order valence-electron chi connectivity index (χ1n) is 13.4. The summed E-state index contributed by atoms with van der Waals surface area (Å²) < 4.78 is 29.3. The fraction of sp³-hybridized carbons (Fsp3) is 0.379. The quantitative estimate of drug-likeness (QED) is 0.355. The Morgan fingerprint density at radius 3 is 2.38 bits per heavy atom. The monoisotopic (exact) mass is 534 g/mol. The molecule has 0 radical (unpaired) electrons. The Kier molecular flexibility index (Phi) is 7.72. The van der Waals surface area contributed by atoms with Crippen molar-refractivity contribution < 1.29 is 13.6 Å². The summed E-state index contributed by atoms with van der Waals surface area (Å²) in [5.74, 6) is -2.12. The highest BCUT2D eigenvalue weighted by atomic mass is 19.1. The van der Waals surface area contributed by atoms with E-state index in [4.69, 9.17) is 5.41 Å². The summed E-state index contributed by atoms with van der Waals surface area (Å²) in [7, 11) is 0. The lowest BCUT2D eigenvalue weighted by Crippen LogP contribution is -2.28. The Bertz CT molecular complexity index is 1430. The number of carbonyl (C=O) groups excluding carboxylic acids is 1. The first-order valence-corrected chi connectivity index (χ1v) is 13.4. The molecule has 5 rings (SSSR count). The Balaban J connectivity index is 1.50. The van der Waals surface area contributed by atoms with E-state index in [0.29, 0.717) is 27.9 Å². The lowest BCUT2D eigenvalue weighted by molar-refractivity contribution is 0.102. The lowest BCUT2D eigenvalue weighted by Gasteiger charge is -2.29. The van der Waals surface area contributed by atoms with E-state index in [2.05, 4.69) is 27.6 Å². The number of nitrogens with zero attached hydrogens (tertiary/aromatic N) is 3. The van der Waals surface area contributed by atoms with E-state index in [-0.39, 0.29) is 5.69 Å². The number of aromatic nitrogens is 2. The van der Waals surface area contributed by atoms with Crippen molar-refractivity contribution in [2.24, 2.45) is 5.92 Å². The van der Waals surface area contributed by atoms with Gasteiger partial charge in [-0.2, -0.15) is 9.78 Å². The first kappa shape index (κ1) is 26.5. The molecule has 0 unspecified atom stereocenters. The molecule has 1 aliphatic heterocycles. The van der Waals surface area contributed by atoms with Crippen molar-refractivity contribution in [3.8, 4) is 5.69 Å². The van der Waals surface area contributed by atoms with Gasteiger partial charge in [0.1, 0.15) is 11.4 Å². The maximum absolute atomic E-state index is 14.4. The van der Waals surface area contributed by atoms with Gasteiger partial charge in [-0.25, -0.2) is 8.78 Å². The number of carbonyl (C=O) groups is 1. The predicted molar refractivity (Wildman–Crippen MR) is 149 cm³/mol. The number of anilines is 3. The third-order valence-electron chi connectivity index (χ3n) is 7.50. The van der Waals surface area contributed by atoms with E-state index in [1.54, 1.807) is 6.07 Å². The SMILES string of the molecule is C[C@H]1CCN(c2c(NC(=O)c3ccc(=O)n(-c4c(F)cccc4F)n3)ccc(NC3CCCCC3)c2C=N)C1. The molecule has 204 valence electrons. The fourth-order valence-corrected chi connectivity index (χ4v) is 5.50. The van der Waals surface area contributed by atoms with Crippen molar-refractivity contribution in [2.75, 3.05) is 28.6 Å². The summed E-state index contributed by atoms with van der Waals surface area (Å²) in [6.45, 7) is 3.74. The molecule has 2 aliphatic rings. The second kappa shape index (κ2) is 11.3. The van der Waals surface area contributed by atoms with Gasteiger partial charge in [0.15, 0.2) is 11.6 Å². The molecule has 1 saturated heterocycles. The van der Waals surface area contributed by atoms with Crippen LogP contribution in [-0.4, -0.2) is 41.0 Å². The number of para-hydroxylation sites is 1. The van der Waals surface area contributed by atoms with Crippen molar-refractivity contribution in [3.05, 3.63) is 75.7 Å². The maximum Gasteiger partial charge on any atom is 0.276 e. The molecule has 8 nitrogen and oxygen atoms in total. The van der Waals surface area contributed by atoms with Gasteiger partial charge >= 0.3 is 0 Å². The molecule has 1 saturated carbocycles. The lowest BCUT2D eigenvalue weighted by atomic mass is 9.95. The zero-order chi connectivity index (χ0) is 27.5. The zero-order valence-electron chi connectivity index (χ0n) is 21.8. The Hall–Kier alpha value is -4.08. The van der Waals surface area contributed by atoms with Gasteiger partial charge in [0.05, 0.1) is 11.4 Å². The number of halogens is 2. The van der Waals surface area contributed by atoms with E-state index in [0.717, 1.165) is 61.9 Å². The van der Waals surface area contributed by atoms with Crippen LogP contribution in [0.4, 0.5) is 25.8 Å². The fourth-order valence-electron chi connectivity index (χ4n) is 5.50. The van der Waals surface area contributed by atoms with E-state index in [9.17, 15) is 18.4 Å². The summed E-state index contributed by atoms with van der Waals surface area (Å²) in [4.78, 5) is 27.9. The van der Waals surface area contributed by atoms with Crippen LogP contribution in [0, 0.1) is 23.0 Å². The molecule has 3 aromatic rings. The van der Waals surface area contributed by atoms with Gasteiger partial charge in [0, 0.05) is 42.7 Å². The Morgan fingerprint density at radius 1 is 1.00 bits per heavy atom. The molecule has 10 heteroatoms. The molecule has 3 N–H and O–H groups in total. The van der Waals surface area contributed by atoms with Crippen LogP contribution in [0.2, 0.25) is 0 Å². The highest BCUT2D eigenvalue weighted by molar-refractivity contribution is 6.08. The van der Waals surface area contributed by atoms with Crippen LogP contribution in [0.1, 0.15) is 61.5 Å². The molecule has 0 spiro atoms. The van der Waals surface area contributed by atoms with Gasteiger partial charge in [0.25, 0.3) is 11.5 Å². The summed E-state index contributed by atoms with van der Waals surface area (Å²) in [5, 5.41) is 18.7. The van der Waals surface area contributed by atoms with Crippen LogP contribution in [0.3, 0.4) is 0 Å². The zero-order valence-corrected chi connectivity index (χ0v) is 21.8. The van der Waals surface area contributed by atoms with Crippen LogP contribution < -0.4 is 21.1 Å². The molecule has 1 amide bonds. The van der Waals surface area contributed by atoms with Crippen LogP contribution >= 0.6 is 0 Å². The summed E-state index contributed by atoms with van der Waals surface area (Å²) >= 11 is 0. The highest BCUT2D eigenvalue weighted by Gasteiger charge is 2.27. The Morgan fingerprint density at radius 2 is 1.72 bits per heavy atom. The van der Waals surface area contributed by atoms with Crippen LogP contribution in [-0.2, 0) is 0 Å². The second-order valence-corrected chi connectivity index (χ2v) is 10.4. The van der Waals surface area contributed by atoms with Crippen molar-refractivity contribution >= 4 is 29.2 Å². The average molecular weight is 535 g/mol. The predicted octanol–water partition coefficient (Wildman–Crippen LogP) is 5.35. The number of benzene rings is 2. The van der Waals surface area contributed by atoms with Crippen LogP contribution in [0.5, 0.6) is 0 Å². The molecular formula is C29H32F2N6O2. The summed E-state index contributed by atoms with van der Waals surface area (Å²) in [6, 6.07) is 9.52. The van der Waals surface area contributed by atoms with Crippen molar-refractivity contribution in [1.82, 2.24) is 9.78 Å². The third-order valence-corrected chi connectivity index (χ3v) is 7.50. The average Bonchev–Trinajstić information content (AvgIpc) is 3.36. The molecule has 2 aromatic carbocycles. The third kappa shape index (κ3) is 5.55. The molecule has 1 aliphatic carbocycles. The summed E-state index contributed by atoms with van der Waals surface area (Å²) in [5.41, 5.74) is 1.19.